The van der Waals surface area contributed by atoms with Crippen LogP contribution in [0.1, 0.15) is 61.6 Å². The van der Waals surface area contributed by atoms with Crippen molar-refractivity contribution in [2.45, 2.75) is 56.9 Å². The topological polar surface area (TPSA) is 29.4 Å². The number of carbonyl (C=O) groups excluding carboxylic acids is 1. The number of aliphatic imine (C=N–C) groups is 1. The molecule has 1 atom stereocenters. The maximum Gasteiger partial charge on any atom is 0.235 e. The van der Waals surface area contributed by atoms with Crippen LogP contribution in [0.15, 0.2) is 23.2 Å². The zero-order chi connectivity index (χ0) is 12.6. The molecule has 1 unspecified atom stereocenters. The van der Waals surface area contributed by atoms with Crippen LogP contribution in [0.25, 0.3) is 0 Å². The predicted molar refractivity (Wildman–Crippen MR) is 71.4 cm³/mol. The van der Waals surface area contributed by atoms with Crippen molar-refractivity contribution >= 4 is 6.08 Å². The van der Waals surface area contributed by atoms with Crippen LogP contribution in [-0.4, -0.2) is 6.08 Å². The van der Waals surface area contributed by atoms with Gasteiger partial charge in [0, 0.05) is 0 Å². The van der Waals surface area contributed by atoms with Crippen molar-refractivity contribution in [1.82, 2.24) is 0 Å². The number of hydrogen-bond donors (Lipinski definition) is 0. The standard InChI is InChI=1S/C16H19NO/c1-12-4-2-5-13-6-7-14(10-15(12)13)16(17-11-18)8-3-9-16/h6-7,10,12H,2-5,8-9H2,1H3. The lowest BCUT2D eigenvalue weighted by Crippen LogP contribution is -2.32. The minimum absolute atomic E-state index is 0.242. The van der Waals surface area contributed by atoms with Crippen LogP contribution in [0.3, 0.4) is 0 Å². The van der Waals surface area contributed by atoms with Crippen molar-refractivity contribution in [2.75, 3.05) is 0 Å². The normalized spacial score (nSPS) is 24.6. The smallest absolute Gasteiger partial charge is 0.211 e. The molecule has 2 heteroatoms. The molecule has 0 aromatic heterocycles. The van der Waals surface area contributed by atoms with Gasteiger partial charge in [-0.3, -0.25) is 0 Å². The zero-order valence-electron chi connectivity index (χ0n) is 10.9. The molecule has 1 fully saturated rings. The van der Waals surface area contributed by atoms with E-state index >= 15 is 0 Å². The molecule has 2 aliphatic carbocycles. The Bertz CT molecular complexity index is 510. The summed E-state index contributed by atoms with van der Waals surface area (Å²) in [4.78, 5) is 14.7. The van der Waals surface area contributed by atoms with Crippen molar-refractivity contribution in [3.8, 4) is 0 Å². The third kappa shape index (κ3) is 1.72. The van der Waals surface area contributed by atoms with Crippen LogP contribution < -0.4 is 0 Å². The van der Waals surface area contributed by atoms with E-state index < -0.39 is 0 Å². The van der Waals surface area contributed by atoms with Gasteiger partial charge in [0.1, 0.15) is 0 Å². The average molecular weight is 241 g/mol. The van der Waals surface area contributed by atoms with Gasteiger partial charge in [-0.05, 0) is 61.1 Å². The molecule has 0 heterocycles. The molecule has 94 valence electrons. The molecule has 1 aromatic rings. The minimum atomic E-state index is -0.242. The summed E-state index contributed by atoms with van der Waals surface area (Å²) in [6, 6.07) is 6.73. The minimum Gasteiger partial charge on any atom is -0.211 e. The molecular formula is C16H19NO. The van der Waals surface area contributed by atoms with Gasteiger partial charge in [-0.1, -0.05) is 25.1 Å². The van der Waals surface area contributed by atoms with E-state index in [-0.39, 0.29) is 5.54 Å². The highest BCUT2D eigenvalue weighted by atomic mass is 16.1. The van der Waals surface area contributed by atoms with Crippen molar-refractivity contribution in [1.29, 1.82) is 0 Å². The lowest BCUT2D eigenvalue weighted by Gasteiger charge is -2.38. The first-order valence-electron chi connectivity index (χ1n) is 6.97. The summed E-state index contributed by atoms with van der Waals surface area (Å²) in [5.41, 5.74) is 3.95. The second kappa shape index (κ2) is 4.37. The monoisotopic (exact) mass is 241 g/mol. The van der Waals surface area contributed by atoms with Crippen molar-refractivity contribution in [3.05, 3.63) is 34.9 Å². The molecule has 0 amide bonds. The van der Waals surface area contributed by atoms with Crippen molar-refractivity contribution in [3.63, 3.8) is 0 Å². The molecule has 1 aromatic carbocycles. The summed E-state index contributed by atoms with van der Waals surface area (Å²) in [5, 5.41) is 0. The SMILES string of the molecule is CC1CCCc2ccc(C3(N=C=O)CCC3)cc21. The highest BCUT2D eigenvalue weighted by Gasteiger charge is 2.39. The average Bonchev–Trinajstić information content (AvgIpc) is 2.34. The van der Waals surface area contributed by atoms with Gasteiger partial charge in [0.2, 0.25) is 6.08 Å². The molecule has 0 aliphatic heterocycles. The van der Waals surface area contributed by atoms with E-state index in [1.807, 2.05) is 0 Å². The molecule has 0 spiro atoms. The highest BCUT2D eigenvalue weighted by Crippen LogP contribution is 2.46. The van der Waals surface area contributed by atoms with Gasteiger partial charge in [-0.2, -0.15) is 4.99 Å². The summed E-state index contributed by atoms with van der Waals surface area (Å²) in [5.74, 6) is 0.644. The number of hydrogen-bond acceptors (Lipinski definition) is 2. The Morgan fingerprint density at radius 2 is 2.17 bits per heavy atom. The Hall–Kier alpha value is -1.40. The van der Waals surface area contributed by atoms with Gasteiger partial charge in [-0.15, -0.1) is 0 Å². The third-order valence-corrected chi connectivity index (χ3v) is 4.74. The Morgan fingerprint density at radius 1 is 1.33 bits per heavy atom. The fraction of sp³-hybridized carbons (Fsp3) is 0.562. The number of fused-ring (bicyclic) bond motifs is 1. The maximum atomic E-state index is 10.6. The quantitative estimate of drug-likeness (QED) is 0.571. The summed E-state index contributed by atoms with van der Waals surface area (Å²) in [6.45, 7) is 2.30. The summed E-state index contributed by atoms with van der Waals surface area (Å²) in [7, 11) is 0. The van der Waals surface area contributed by atoms with E-state index in [0.29, 0.717) is 5.92 Å². The first-order valence-corrected chi connectivity index (χ1v) is 6.97. The summed E-state index contributed by atoms with van der Waals surface area (Å²) < 4.78 is 0. The Kier molecular flexibility index (Phi) is 2.83. The first-order chi connectivity index (χ1) is 8.75. The van der Waals surface area contributed by atoms with Crippen molar-refractivity contribution in [2.24, 2.45) is 4.99 Å². The molecule has 0 radical (unpaired) electrons. The number of nitrogens with zero attached hydrogens (tertiary/aromatic N) is 1. The fourth-order valence-electron chi connectivity index (χ4n) is 3.39. The Labute approximate surface area is 108 Å². The third-order valence-electron chi connectivity index (χ3n) is 4.74. The van der Waals surface area contributed by atoms with Crippen molar-refractivity contribution < 1.29 is 4.79 Å². The Morgan fingerprint density at radius 3 is 2.83 bits per heavy atom. The first kappa shape index (κ1) is 11.7. The maximum absolute atomic E-state index is 10.6. The molecule has 0 saturated heterocycles. The lowest BCUT2D eigenvalue weighted by atomic mass is 9.70. The summed E-state index contributed by atoms with van der Waals surface area (Å²) in [6.07, 6.45) is 8.70. The summed E-state index contributed by atoms with van der Waals surface area (Å²) >= 11 is 0. The van der Waals surface area contributed by atoms with E-state index in [4.69, 9.17) is 0 Å². The lowest BCUT2D eigenvalue weighted by molar-refractivity contribution is 0.255. The molecule has 18 heavy (non-hydrogen) atoms. The molecule has 1 saturated carbocycles. The van der Waals surface area contributed by atoms with Crippen LogP contribution in [0.4, 0.5) is 0 Å². The second-order valence-electron chi connectivity index (χ2n) is 5.80. The van der Waals surface area contributed by atoms with Crippen LogP contribution in [-0.2, 0) is 16.8 Å². The molecule has 2 nitrogen and oxygen atoms in total. The van der Waals surface area contributed by atoms with Gasteiger partial charge < -0.3 is 0 Å². The largest absolute Gasteiger partial charge is 0.235 e. The number of benzene rings is 1. The van der Waals surface area contributed by atoms with E-state index in [9.17, 15) is 4.79 Å². The number of isocyanates is 1. The van der Waals surface area contributed by atoms with Gasteiger partial charge >= 0.3 is 0 Å². The molecular weight excluding hydrogens is 222 g/mol. The van der Waals surface area contributed by atoms with Gasteiger partial charge in [0.15, 0.2) is 0 Å². The fourth-order valence-corrected chi connectivity index (χ4v) is 3.39. The van der Waals surface area contributed by atoms with Crippen LogP contribution in [0, 0.1) is 0 Å². The molecule has 2 aliphatic rings. The van der Waals surface area contributed by atoms with E-state index in [1.165, 1.54) is 36.0 Å². The number of aryl methyl sites for hydroxylation is 1. The second-order valence-corrected chi connectivity index (χ2v) is 5.80. The zero-order valence-corrected chi connectivity index (χ0v) is 10.9. The van der Waals surface area contributed by atoms with Crippen LogP contribution in [0.5, 0.6) is 0 Å². The van der Waals surface area contributed by atoms with Gasteiger partial charge in [-0.25, -0.2) is 4.79 Å². The van der Waals surface area contributed by atoms with Gasteiger partial charge in [0.05, 0.1) is 5.54 Å². The van der Waals surface area contributed by atoms with E-state index in [1.54, 1.807) is 6.08 Å². The molecule has 0 bridgehead atoms. The van der Waals surface area contributed by atoms with E-state index in [0.717, 1.165) is 19.3 Å². The number of rotatable bonds is 2. The molecule has 0 N–H and O–H groups in total. The molecule has 3 rings (SSSR count). The predicted octanol–water partition coefficient (Wildman–Crippen LogP) is 3.84. The van der Waals surface area contributed by atoms with Crippen LogP contribution >= 0.6 is 0 Å². The van der Waals surface area contributed by atoms with Crippen LogP contribution in [0.2, 0.25) is 0 Å². The highest BCUT2D eigenvalue weighted by molar-refractivity contribution is 5.43. The Balaban J connectivity index is 2.03. The van der Waals surface area contributed by atoms with Gasteiger partial charge in [0.25, 0.3) is 0 Å². The van der Waals surface area contributed by atoms with E-state index in [2.05, 4.69) is 30.1 Å².